The number of hydrogen-bond donors (Lipinski definition) is 1. The van der Waals surface area contributed by atoms with E-state index in [1.807, 2.05) is 40.9 Å². The van der Waals surface area contributed by atoms with Gasteiger partial charge in [0, 0.05) is 37.5 Å². The summed E-state index contributed by atoms with van der Waals surface area (Å²) in [5.41, 5.74) is 2.55. The molecule has 3 aromatic heterocycles. The number of hydrogen-bond acceptors (Lipinski definition) is 8. The number of aromatic nitrogens is 4. The molecule has 4 aromatic rings. The van der Waals surface area contributed by atoms with Gasteiger partial charge in [-0.2, -0.15) is 4.52 Å². The van der Waals surface area contributed by atoms with Crippen LogP contribution in [-0.2, 0) is 16.0 Å². The molecule has 184 valence electrons. The molecule has 6 rings (SSSR count). The van der Waals surface area contributed by atoms with Crippen LogP contribution in [0, 0.1) is 11.2 Å². The number of carbonyl (C=O) groups excluding carboxylic acids is 2. The Balaban J connectivity index is 1.34. The standard InChI is InChI=1S/C25H24FN7O2S/c1-3-17-22(31(2)24-28-18(13-36-24)15-4-6-16(26)7-5-15)33-19(27-17)8-9-20(30-33)32-11-10-25(14-32)12-21(34)29-23(25)35/h4-9,13H,3,10-12,14H2,1-2H3,(H,29,34,35). The number of carbonyl (C=O) groups is 2. The van der Waals surface area contributed by atoms with Crippen molar-refractivity contribution in [2.45, 2.75) is 26.2 Å². The highest BCUT2D eigenvalue weighted by atomic mass is 32.1. The second-order valence-electron chi connectivity index (χ2n) is 9.28. The predicted octanol–water partition coefficient (Wildman–Crippen LogP) is 3.57. The number of rotatable bonds is 5. The number of benzene rings is 1. The van der Waals surface area contributed by atoms with Crippen molar-refractivity contribution in [1.29, 1.82) is 0 Å². The number of aryl methyl sites for hydroxylation is 1. The van der Waals surface area contributed by atoms with Crippen LogP contribution in [-0.4, -0.2) is 51.5 Å². The summed E-state index contributed by atoms with van der Waals surface area (Å²) in [4.78, 5) is 37.9. The SMILES string of the molecule is CCc1nc2ccc(N3CCC4(CC(=O)NC4=O)C3)nn2c1N(C)c1nc(-c2ccc(F)cc2)cs1. The number of amides is 2. The van der Waals surface area contributed by atoms with Crippen molar-refractivity contribution in [2.24, 2.45) is 5.41 Å². The number of nitrogens with zero attached hydrogens (tertiary/aromatic N) is 6. The largest absolute Gasteiger partial charge is 0.354 e. The van der Waals surface area contributed by atoms with Crippen molar-refractivity contribution >= 4 is 45.6 Å². The molecular weight excluding hydrogens is 481 g/mol. The molecule has 1 spiro atoms. The molecule has 1 atom stereocenters. The van der Waals surface area contributed by atoms with E-state index in [4.69, 9.17) is 15.1 Å². The van der Waals surface area contributed by atoms with Gasteiger partial charge in [-0.3, -0.25) is 14.9 Å². The molecule has 9 nitrogen and oxygen atoms in total. The first-order valence-electron chi connectivity index (χ1n) is 11.8. The second-order valence-corrected chi connectivity index (χ2v) is 10.1. The van der Waals surface area contributed by atoms with Crippen molar-refractivity contribution in [3.63, 3.8) is 0 Å². The molecule has 11 heteroatoms. The van der Waals surface area contributed by atoms with E-state index in [1.165, 1.54) is 23.5 Å². The molecule has 2 amide bonds. The van der Waals surface area contributed by atoms with Crippen molar-refractivity contribution in [3.8, 4) is 11.3 Å². The lowest BCUT2D eigenvalue weighted by atomic mass is 9.85. The van der Waals surface area contributed by atoms with E-state index in [0.29, 0.717) is 25.9 Å². The van der Waals surface area contributed by atoms with Gasteiger partial charge in [-0.05, 0) is 49.2 Å². The fourth-order valence-electron chi connectivity index (χ4n) is 5.05. The monoisotopic (exact) mass is 505 g/mol. The number of halogens is 1. The quantitative estimate of drug-likeness (QED) is 0.414. The third-order valence-corrected chi connectivity index (χ3v) is 7.91. The van der Waals surface area contributed by atoms with Crippen molar-refractivity contribution in [2.75, 3.05) is 29.9 Å². The molecular formula is C25H24FN7O2S. The van der Waals surface area contributed by atoms with Crippen LogP contribution >= 0.6 is 11.3 Å². The van der Waals surface area contributed by atoms with Gasteiger partial charge in [0.15, 0.2) is 16.6 Å². The molecule has 2 aliphatic rings. The van der Waals surface area contributed by atoms with Gasteiger partial charge in [0.25, 0.3) is 0 Å². The van der Waals surface area contributed by atoms with Gasteiger partial charge in [0.05, 0.1) is 16.8 Å². The first-order valence-corrected chi connectivity index (χ1v) is 12.7. The Hall–Kier alpha value is -3.86. The van der Waals surface area contributed by atoms with Gasteiger partial charge >= 0.3 is 0 Å². The van der Waals surface area contributed by atoms with Gasteiger partial charge in [0.1, 0.15) is 11.6 Å². The maximum atomic E-state index is 13.3. The smallest absolute Gasteiger partial charge is 0.235 e. The highest BCUT2D eigenvalue weighted by molar-refractivity contribution is 7.14. The van der Waals surface area contributed by atoms with E-state index in [0.717, 1.165) is 39.4 Å². The zero-order chi connectivity index (χ0) is 25.0. The maximum Gasteiger partial charge on any atom is 0.235 e. The maximum absolute atomic E-state index is 13.3. The Bertz CT molecular complexity index is 1500. The predicted molar refractivity (Wildman–Crippen MR) is 135 cm³/mol. The summed E-state index contributed by atoms with van der Waals surface area (Å²) >= 11 is 1.49. The van der Waals surface area contributed by atoms with E-state index in [9.17, 15) is 14.0 Å². The topological polar surface area (TPSA) is 95.7 Å². The van der Waals surface area contributed by atoms with E-state index >= 15 is 0 Å². The number of imide groups is 1. The summed E-state index contributed by atoms with van der Waals surface area (Å²) in [5, 5.41) is 10.1. The lowest BCUT2D eigenvalue weighted by Crippen LogP contribution is -2.34. The number of anilines is 3. The Morgan fingerprint density at radius 2 is 1.97 bits per heavy atom. The molecule has 0 radical (unpaired) electrons. The Kier molecular flexibility index (Phi) is 5.25. The normalized spacial score (nSPS) is 19.6. The van der Waals surface area contributed by atoms with E-state index in [1.54, 1.807) is 12.1 Å². The summed E-state index contributed by atoms with van der Waals surface area (Å²) in [6, 6.07) is 10.1. The second kappa shape index (κ2) is 8.37. The van der Waals surface area contributed by atoms with Crippen molar-refractivity contribution in [1.82, 2.24) is 24.9 Å². The zero-order valence-electron chi connectivity index (χ0n) is 19.9. The zero-order valence-corrected chi connectivity index (χ0v) is 20.7. The Morgan fingerprint density at radius 3 is 2.69 bits per heavy atom. The average Bonchev–Trinajstić information content (AvgIpc) is 3.64. The van der Waals surface area contributed by atoms with E-state index < -0.39 is 5.41 Å². The molecule has 0 bridgehead atoms. The molecule has 5 heterocycles. The fourth-order valence-corrected chi connectivity index (χ4v) is 5.85. The minimum Gasteiger partial charge on any atom is -0.354 e. The summed E-state index contributed by atoms with van der Waals surface area (Å²) in [6.07, 6.45) is 1.56. The Morgan fingerprint density at radius 1 is 1.17 bits per heavy atom. The van der Waals surface area contributed by atoms with Crippen LogP contribution in [0.5, 0.6) is 0 Å². The summed E-state index contributed by atoms with van der Waals surface area (Å²) in [5.74, 6) is 0.868. The highest BCUT2D eigenvalue weighted by Gasteiger charge is 2.51. The molecule has 2 aliphatic heterocycles. The summed E-state index contributed by atoms with van der Waals surface area (Å²) in [6.45, 7) is 3.15. The number of thiazole rings is 1. The molecule has 1 unspecified atom stereocenters. The summed E-state index contributed by atoms with van der Waals surface area (Å²) < 4.78 is 15.2. The van der Waals surface area contributed by atoms with Gasteiger partial charge in [-0.25, -0.2) is 14.4 Å². The van der Waals surface area contributed by atoms with Crippen LogP contribution in [0.3, 0.4) is 0 Å². The average molecular weight is 506 g/mol. The molecule has 0 aliphatic carbocycles. The van der Waals surface area contributed by atoms with Crippen LogP contribution < -0.4 is 15.1 Å². The molecule has 0 saturated carbocycles. The Labute approximate surface area is 210 Å². The highest BCUT2D eigenvalue weighted by Crippen LogP contribution is 2.39. The van der Waals surface area contributed by atoms with E-state index in [2.05, 4.69) is 10.2 Å². The summed E-state index contributed by atoms with van der Waals surface area (Å²) in [7, 11) is 1.93. The lowest BCUT2D eigenvalue weighted by Gasteiger charge is -2.22. The van der Waals surface area contributed by atoms with Crippen molar-refractivity contribution < 1.29 is 14.0 Å². The molecule has 1 aromatic carbocycles. The first-order chi connectivity index (χ1) is 17.4. The van der Waals surface area contributed by atoms with Crippen LogP contribution in [0.1, 0.15) is 25.5 Å². The van der Waals surface area contributed by atoms with Gasteiger partial charge < -0.3 is 9.80 Å². The van der Waals surface area contributed by atoms with Crippen LogP contribution in [0.15, 0.2) is 41.8 Å². The minimum atomic E-state index is -0.672. The van der Waals surface area contributed by atoms with E-state index in [-0.39, 0.29) is 24.1 Å². The molecule has 2 saturated heterocycles. The third kappa shape index (κ3) is 3.62. The molecule has 1 N–H and O–H groups in total. The number of nitrogens with one attached hydrogen (secondary N) is 1. The molecule has 2 fully saturated rings. The van der Waals surface area contributed by atoms with Crippen LogP contribution in [0.2, 0.25) is 0 Å². The van der Waals surface area contributed by atoms with Gasteiger partial charge in [0.2, 0.25) is 11.8 Å². The van der Waals surface area contributed by atoms with Gasteiger partial charge in [-0.15, -0.1) is 16.4 Å². The number of fused-ring (bicyclic) bond motifs is 1. The third-order valence-electron chi connectivity index (χ3n) is 6.99. The molecule has 36 heavy (non-hydrogen) atoms. The lowest BCUT2D eigenvalue weighted by molar-refractivity contribution is -0.127. The minimum absolute atomic E-state index is 0.187. The van der Waals surface area contributed by atoms with Gasteiger partial charge in [-0.1, -0.05) is 6.92 Å². The first kappa shape index (κ1) is 22.6. The number of imidazole rings is 1. The van der Waals surface area contributed by atoms with Crippen LogP contribution in [0.4, 0.5) is 21.2 Å². The van der Waals surface area contributed by atoms with Crippen LogP contribution in [0.25, 0.3) is 16.9 Å². The van der Waals surface area contributed by atoms with Crippen molar-refractivity contribution in [3.05, 3.63) is 53.3 Å². The fraction of sp³-hybridized carbons (Fsp3) is 0.320.